The number of alkyl halides is 3. The number of Topliss-reactive ketones (excluding diaryl/α,β-unsaturated/α-hetero) is 1. The molecule has 3 unspecified atom stereocenters. The predicted octanol–water partition coefficient (Wildman–Crippen LogP) is 2.19. The van der Waals surface area contributed by atoms with Gasteiger partial charge in [0.05, 0.1) is 6.04 Å². The minimum atomic E-state index is -4.96. The summed E-state index contributed by atoms with van der Waals surface area (Å²) in [5.41, 5.74) is 0. The number of hydrogen-bond acceptors (Lipinski definition) is 4. The minimum absolute atomic E-state index is 0.0717. The largest absolute Gasteiger partial charge is 0.522 e. The Hall–Kier alpha value is -2.36. The third-order valence-corrected chi connectivity index (χ3v) is 4.75. The zero-order valence-corrected chi connectivity index (χ0v) is 16.4. The highest BCUT2D eigenvalue weighted by Crippen LogP contribution is 2.22. The summed E-state index contributed by atoms with van der Waals surface area (Å²) in [6, 6.07) is 1.64. The van der Waals surface area contributed by atoms with Gasteiger partial charge in [-0.1, -0.05) is 13.8 Å². The first-order valence-corrected chi connectivity index (χ1v) is 9.50. The molecule has 1 saturated heterocycles. The standard InChI is InChI=1S/C19H26F3N3O4/c1-12(2)9-15(25-7-3-4-8-25)18(28)24-14(10-13-5-6-23-17(13)27)16(26)11-29-19(20,21)22/h3-4,7-8,12-15H,5-6,9-11H2,1-2H3,(H,23,27)(H,24,28). The van der Waals surface area contributed by atoms with Crippen molar-refractivity contribution in [3.63, 3.8) is 0 Å². The highest BCUT2D eigenvalue weighted by atomic mass is 19.4. The molecule has 1 aromatic heterocycles. The number of carbonyl (C=O) groups is 3. The third kappa shape index (κ3) is 7.19. The van der Waals surface area contributed by atoms with Crippen molar-refractivity contribution >= 4 is 17.6 Å². The van der Waals surface area contributed by atoms with Crippen LogP contribution in [-0.2, 0) is 19.1 Å². The van der Waals surface area contributed by atoms with Crippen LogP contribution in [0.3, 0.4) is 0 Å². The second-order valence-corrected chi connectivity index (χ2v) is 7.55. The van der Waals surface area contributed by atoms with Crippen LogP contribution >= 0.6 is 0 Å². The average Bonchev–Trinajstić information content (AvgIpc) is 3.28. The third-order valence-electron chi connectivity index (χ3n) is 4.75. The van der Waals surface area contributed by atoms with E-state index in [1.54, 1.807) is 29.1 Å². The summed E-state index contributed by atoms with van der Waals surface area (Å²) in [6.07, 6.45) is -0.685. The molecule has 0 aliphatic carbocycles. The first-order chi connectivity index (χ1) is 13.6. The monoisotopic (exact) mass is 417 g/mol. The van der Waals surface area contributed by atoms with Crippen molar-refractivity contribution in [2.45, 2.75) is 51.6 Å². The van der Waals surface area contributed by atoms with Crippen LogP contribution in [0.25, 0.3) is 0 Å². The predicted molar refractivity (Wildman–Crippen MR) is 97.6 cm³/mol. The number of halogens is 3. The molecule has 1 aliphatic heterocycles. The van der Waals surface area contributed by atoms with E-state index in [0.717, 1.165) is 0 Å². The molecule has 0 saturated carbocycles. The molecule has 3 atom stereocenters. The van der Waals surface area contributed by atoms with Gasteiger partial charge in [-0.2, -0.15) is 0 Å². The number of rotatable bonds is 10. The molecule has 0 bridgehead atoms. The molecular formula is C19H26F3N3O4. The number of nitrogens with zero attached hydrogens (tertiary/aromatic N) is 1. The normalized spacial score (nSPS) is 19.1. The molecule has 2 amide bonds. The summed E-state index contributed by atoms with van der Waals surface area (Å²) in [5.74, 6) is -2.08. The summed E-state index contributed by atoms with van der Waals surface area (Å²) in [6.45, 7) is 3.08. The Bertz CT molecular complexity index is 704. The Labute approximate surface area is 167 Å². The first-order valence-electron chi connectivity index (χ1n) is 9.50. The van der Waals surface area contributed by atoms with Crippen LogP contribution in [0.5, 0.6) is 0 Å². The van der Waals surface area contributed by atoms with Crippen molar-refractivity contribution in [3.05, 3.63) is 24.5 Å². The molecule has 10 heteroatoms. The topological polar surface area (TPSA) is 89.4 Å². The summed E-state index contributed by atoms with van der Waals surface area (Å²) < 4.78 is 42.3. The Morgan fingerprint density at radius 2 is 1.97 bits per heavy atom. The quantitative estimate of drug-likeness (QED) is 0.611. The van der Waals surface area contributed by atoms with Gasteiger partial charge in [-0.15, -0.1) is 13.2 Å². The lowest BCUT2D eigenvalue weighted by Crippen LogP contribution is -2.47. The van der Waals surface area contributed by atoms with E-state index in [0.29, 0.717) is 19.4 Å². The van der Waals surface area contributed by atoms with E-state index in [2.05, 4.69) is 15.4 Å². The lowest BCUT2D eigenvalue weighted by Gasteiger charge is -2.25. The van der Waals surface area contributed by atoms with Crippen molar-refractivity contribution in [1.29, 1.82) is 0 Å². The van der Waals surface area contributed by atoms with E-state index >= 15 is 0 Å². The molecule has 0 radical (unpaired) electrons. The van der Waals surface area contributed by atoms with Crippen molar-refractivity contribution in [1.82, 2.24) is 15.2 Å². The number of nitrogens with one attached hydrogen (secondary N) is 2. The maximum atomic E-state index is 12.9. The maximum Gasteiger partial charge on any atom is 0.522 e. The van der Waals surface area contributed by atoms with Gasteiger partial charge >= 0.3 is 6.36 Å². The van der Waals surface area contributed by atoms with Crippen LogP contribution in [0.1, 0.15) is 39.2 Å². The SMILES string of the molecule is CC(C)CC(C(=O)NC(CC1CCNC1=O)C(=O)COC(F)(F)F)n1cccc1. The number of ether oxygens (including phenoxy) is 1. The Balaban J connectivity index is 2.14. The molecular weight excluding hydrogens is 391 g/mol. The van der Waals surface area contributed by atoms with Gasteiger partial charge in [0.1, 0.15) is 12.6 Å². The van der Waals surface area contributed by atoms with Crippen molar-refractivity contribution in [2.24, 2.45) is 11.8 Å². The molecule has 29 heavy (non-hydrogen) atoms. The van der Waals surface area contributed by atoms with Crippen LogP contribution in [0.2, 0.25) is 0 Å². The van der Waals surface area contributed by atoms with E-state index in [4.69, 9.17) is 0 Å². The van der Waals surface area contributed by atoms with Gasteiger partial charge in [0.25, 0.3) is 0 Å². The summed E-state index contributed by atoms with van der Waals surface area (Å²) in [4.78, 5) is 37.1. The van der Waals surface area contributed by atoms with Gasteiger partial charge in [0, 0.05) is 24.9 Å². The second kappa shape index (κ2) is 9.91. The first kappa shape index (κ1) is 22.9. The van der Waals surface area contributed by atoms with Crippen LogP contribution in [0.4, 0.5) is 13.2 Å². The molecule has 2 rings (SSSR count). The van der Waals surface area contributed by atoms with Crippen LogP contribution in [0, 0.1) is 11.8 Å². The summed E-state index contributed by atoms with van der Waals surface area (Å²) in [7, 11) is 0. The van der Waals surface area contributed by atoms with Gasteiger partial charge in [-0.3, -0.25) is 19.1 Å². The second-order valence-electron chi connectivity index (χ2n) is 7.55. The fourth-order valence-electron chi connectivity index (χ4n) is 3.31. The van der Waals surface area contributed by atoms with Gasteiger partial charge < -0.3 is 15.2 Å². The molecule has 0 aromatic carbocycles. The van der Waals surface area contributed by atoms with E-state index in [-0.39, 0.29) is 18.2 Å². The van der Waals surface area contributed by atoms with Crippen LogP contribution in [0.15, 0.2) is 24.5 Å². The molecule has 1 fully saturated rings. The van der Waals surface area contributed by atoms with Crippen molar-refractivity contribution in [3.8, 4) is 0 Å². The number of hydrogen-bond donors (Lipinski definition) is 2. The number of aromatic nitrogens is 1. The Morgan fingerprint density at radius 3 is 2.48 bits per heavy atom. The smallest absolute Gasteiger partial charge is 0.356 e. The molecule has 2 heterocycles. The minimum Gasteiger partial charge on any atom is -0.356 e. The maximum absolute atomic E-state index is 12.9. The lowest BCUT2D eigenvalue weighted by atomic mass is 9.95. The zero-order valence-electron chi connectivity index (χ0n) is 16.4. The van der Waals surface area contributed by atoms with Crippen LogP contribution in [-0.4, -0.2) is 47.7 Å². The number of ketones is 1. The fourth-order valence-corrected chi connectivity index (χ4v) is 3.31. The van der Waals surface area contributed by atoms with Gasteiger partial charge in [0.2, 0.25) is 11.8 Å². The van der Waals surface area contributed by atoms with E-state index in [9.17, 15) is 27.6 Å². The van der Waals surface area contributed by atoms with E-state index in [1.807, 2.05) is 13.8 Å². The fraction of sp³-hybridized carbons (Fsp3) is 0.632. The summed E-state index contributed by atoms with van der Waals surface area (Å²) >= 11 is 0. The van der Waals surface area contributed by atoms with E-state index in [1.165, 1.54) is 0 Å². The Morgan fingerprint density at radius 1 is 1.31 bits per heavy atom. The van der Waals surface area contributed by atoms with Crippen LogP contribution < -0.4 is 10.6 Å². The van der Waals surface area contributed by atoms with Crippen molar-refractivity contribution < 1.29 is 32.3 Å². The molecule has 162 valence electrons. The van der Waals surface area contributed by atoms with Crippen molar-refractivity contribution in [2.75, 3.05) is 13.2 Å². The van der Waals surface area contributed by atoms with E-state index < -0.39 is 42.7 Å². The van der Waals surface area contributed by atoms with Gasteiger partial charge in [0.15, 0.2) is 5.78 Å². The summed E-state index contributed by atoms with van der Waals surface area (Å²) in [5, 5.41) is 5.17. The molecule has 2 N–H and O–H groups in total. The lowest BCUT2D eigenvalue weighted by molar-refractivity contribution is -0.321. The molecule has 0 spiro atoms. The number of carbonyl (C=O) groups excluding carboxylic acids is 3. The average molecular weight is 417 g/mol. The van der Waals surface area contributed by atoms with Gasteiger partial charge in [-0.25, -0.2) is 0 Å². The van der Waals surface area contributed by atoms with Gasteiger partial charge in [-0.05, 0) is 37.3 Å². The number of amides is 2. The molecule has 7 nitrogen and oxygen atoms in total. The Kier molecular flexibility index (Phi) is 7.83. The highest BCUT2D eigenvalue weighted by Gasteiger charge is 2.36. The zero-order chi connectivity index (χ0) is 21.6. The molecule has 1 aromatic rings. The molecule has 1 aliphatic rings. The highest BCUT2D eigenvalue weighted by molar-refractivity contribution is 5.92.